The van der Waals surface area contributed by atoms with Crippen LogP contribution in [0.4, 0.5) is 0 Å². The Hall–Kier alpha value is -2.95. The molecule has 2 atom stereocenters. The standard InChI is InChI=1S/C24H27N3O2/c1-16-7-9-19(10-8-16)21-22(26-13-17(2)12-18(3)14-26)24(29)27(23(21)28)15-20-6-4-5-11-25-20/h4-11,17-18H,12-15H2,1-3H3. The first-order valence-electron chi connectivity index (χ1n) is 10.3. The van der Waals surface area contributed by atoms with Crippen molar-refractivity contribution < 1.29 is 9.59 Å². The van der Waals surface area contributed by atoms with Gasteiger partial charge < -0.3 is 4.90 Å². The Morgan fingerprint density at radius 1 is 0.966 bits per heavy atom. The number of pyridine rings is 1. The Morgan fingerprint density at radius 2 is 1.66 bits per heavy atom. The maximum absolute atomic E-state index is 13.5. The first kappa shape index (κ1) is 19.4. The first-order valence-corrected chi connectivity index (χ1v) is 10.3. The van der Waals surface area contributed by atoms with E-state index in [1.165, 1.54) is 4.90 Å². The van der Waals surface area contributed by atoms with Crippen molar-refractivity contribution in [1.82, 2.24) is 14.8 Å². The second-order valence-electron chi connectivity index (χ2n) is 8.46. The molecule has 150 valence electrons. The Kier molecular flexibility index (Phi) is 5.22. The largest absolute Gasteiger partial charge is 0.366 e. The molecule has 2 amide bonds. The molecule has 29 heavy (non-hydrogen) atoms. The molecular formula is C24H27N3O2. The third-order valence-electron chi connectivity index (χ3n) is 5.72. The second kappa shape index (κ2) is 7.82. The lowest BCUT2D eigenvalue weighted by molar-refractivity contribution is -0.138. The SMILES string of the molecule is Cc1ccc(C2=C(N3CC(C)CC(C)C3)C(=O)N(Cc3ccccn3)C2=O)cc1. The van der Waals surface area contributed by atoms with Crippen LogP contribution in [0.15, 0.2) is 54.4 Å². The van der Waals surface area contributed by atoms with Gasteiger partial charge in [0.15, 0.2) is 0 Å². The molecule has 0 bridgehead atoms. The maximum atomic E-state index is 13.5. The number of rotatable bonds is 4. The molecule has 3 heterocycles. The van der Waals surface area contributed by atoms with Gasteiger partial charge in [-0.1, -0.05) is 49.7 Å². The molecule has 0 spiro atoms. The number of piperidine rings is 1. The molecule has 2 aliphatic heterocycles. The number of amides is 2. The minimum Gasteiger partial charge on any atom is -0.366 e. The first-order chi connectivity index (χ1) is 13.9. The van der Waals surface area contributed by atoms with Crippen LogP contribution < -0.4 is 0 Å². The normalized spacial score (nSPS) is 22.6. The number of aromatic nitrogens is 1. The number of benzene rings is 1. The van der Waals surface area contributed by atoms with E-state index >= 15 is 0 Å². The quantitative estimate of drug-likeness (QED) is 0.749. The van der Waals surface area contributed by atoms with Crippen LogP contribution in [0.1, 0.15) is 37.1 Å². The average molecular weight is 389 g/mol. The van der Waals surface area contributed by atoms with Gasteiger partial charge in [0.05, 0.1) is 17.8 Å². The van der Waals surface area contributed by atoms with E-state index in [4.69, 9.17) is 0 Å². The van der Waals surface area contributed by atoms with Crippen molar-refractivity contribution in [2.45, 2.75) is 33.7 Å². The minimum atomic E-state index is -0.231. The fourth-order valence-electron chi connectivity index (χ4n) is 4.48. The molecule has 2 aliphatic rings. The summed E-state index contributed by atoms with van der Waals surface area (Å²) >= 11 is 0. The van der Waals surface area contributed by atoms with E-state index in [1.807, 2.05) is 49.4 Å². The van der Waals surface area contributed by atoms with Gasteiger partial charge in [0, 0.05) is 19.3 Å². The van der Waals surface area contributed by atoms with Crippen LogP contribution >= 0.6 is 0 Å². The molecule has 1 saturated heterocycles. The van der Waals surface area contributed by atoms with E-state index in [-0.39, 0.29) is 18.4 Å². The third-order valence-corrected chi connectivity index (χ3v) is 5.72. The summed E-state index contributed by atoms with van der Waals surface area (Å²) in [4.78, 5) is 34.7. The van der Waals surface area contributed by atoms with E-state index in [9.17, 15) is 9.59 Å². The molecule has 5 heteroatoms. The Labute approximate surface area is 172 Å². The van der Waals surface area contributed by atoms with Crippen molar-refractivity contribution in [3.63, 3.8) is 0 Å². The predicted octanol–water partition coefficient (Wildman–Crippen LogP) is 3.65. The molecule has 1 aromatic heterocycles. The Bertz CT molecular complexity index is 940. The summed E-state index contributed by atoms with van der Waals surface area (Å²) in [6.45, 7) is 8.22. The smallest absolute Gasteiger partial charge is 0.278 e. The molecule has 0 aliphatic carbocycles. The lowest BCUT2D eigenvalue weighted by atomic mass is 9.91. The highest BCUT2D eigenvalue weighted by Gasteiger charge is 2.42. The summed E-state index contributed by atoms with van der Waals surface area (Å²) < 4.78 is 0. The molecule has 4 rings (SSSR count). The number of carbonyl (C=O) groups is 2. The summed E-state index contributed by atoms with van der Waals surface area (Å²) in [6.07, 6.45) is 2.83. The van der Waals surface area contributed by atoms with Crippen molar-refractivity contribution in [2.24, 2.45) is 11.8 Å². The fraction of sp³-hybridized carbons (Fsp3) is 0.375. The van der Waals surface area contributed by atoms with Crippen LogP contribution in [-0.4, -0.2) is 39.7 Å². The van der Waals surface area contributed by atoms with Gasteiger partial charge in [0.1, 0.15) is 5.70 Å². The second-order valence-corrected chi connectivity index (χ2v) is 8.46. The number of hydrogen-bond donors (Lipinski definition) is 0. The number of carbonyl (C=O) groups excluding carboxylic acids is 2. The molecule has 2 unspecified atom stereocenters. The lowest BCUT2D eigenvalue weighted by Gasteiger charge is -2.37. The summed E-state index contributed by atoms with van der Waals surface area (Å²) in [7, 11) is 0. The van der Waals surface area contributed by atoms with E-state index in [2.05, 4.69) is 23.7 Å². The van der Waals surface area contributed by atoms with E-state index < -0.39 is 0 Å². The van der Waals surface area contributed by atoms with Crippen molar-refractivity contribution in [2.75, 3.05) is 13.1 Å². The highest BCUT2D eigenvalue weighted by molar-refractivity contribution is 6.35. The number of imide groups is 1. The van der Waals surface area contributed by atoms with Gasteiger partial charge in [-0.05, 0) is 42.9 Å². The summed E-state index contributed by atoms with van der Waals surface area (Å²) in [5.41, 5.74) is 3.70. The highest BCUT2D eigenvalue weighted by Crippen LogP contribution is 2.35. The molecule has 2 aromatic rings. The van der Waals surface area contributed by atoms with Crippen LogP contribution in [0.5, 0.6) is 0 Å². The van der Waals surface area contributed by atoms with Crippen LogP contribution in [0.2, 0.25) is 0 Å². The Morgan fingerprint density at radius 3 is 2.28 bits per heavy atom. The molecule has 1 aromatic carbocycles. The third kappa shape index (κ3) is 3.82. The van der Waals surface area contributed by atoms with Crippen molar-refractivity contribution in [1.29, 1.82) is 0 Å². The lowest BCUT2D eigenvalue weighted by Crippen LogP contribution is -2.41. The van der Waals surface area contributed by atoms with Crippen molar-refractivity contribution in [3.8, 4) is 0 Å². The maximum Gasteiger partial charge on any atom is 0.278 e. The van der Waals surface area contributed by atoms with Gasteiger partial charge in [-0.3, -0.25) is 19.5 Å². The van der Waals surface area contributed by atoms with Crippen LogP contribution in [0.25, 0.3) is 5.57 Å². The predicted molar refractivity (Wildman–Crippen MR) is 112 cm³/mol. The summed E-state index contributed by atoms with van der Waals surface area (Å²) in [5.74, 6) is 0.527. The van der Waals surface area contributed by atoms with Crippen molar-refractivity contribution >= 4 is 17.4 Å². The van der Waals surface area contributed by atoms with Crippen LogP contribution in [0, 0.1) is 18.8 Å². The molecule has 0 saturated carbocycles. The average Bonchev–Trinajstić information content (AvgIpc) is 2.93. The van der Waals surface area contributed by atoms with Gasteiger partial charge in [-0.25, -0.2) is 0 Å². The molecule has 0 N–H and O–H groups in total. The van der Waals surface area contributed by atoms with Crippen LogP contribution in [0.3, 0.4) is 0 Å². The highest BCUT2D eigenvalue weighted by atomic mass is 16.2. The fourth-order valence-corrected chi connectivity index (χ4v) is 4.48. The van der Waals surface area contributed by atoms with E-state index in [0.717, 1.165) is 30.6 Å². The van der Waals surface area contributed by atoms with Crippen molar-refractivity contribution in [3.05, 3.63) is 71.2 Å². The minimum absolute atomic E-state index is 0.191. The molecule has 1 fully saturated rings. The van der Waals surface area contributed by atoms with Gasteiger partial charge in [-0.2, -0.15) is 0 Å². The molecule has 5 nitrogen and oxygen atoms in total. The van der Waals surface area contributed by atoms with Gasteiger partial charge in [0.2, 0.25) is 0 Å². The summed E-state index contributed by atoms with van der Waals surface area (Å²) in [6, 6.07) is 13.4. The van der Waals surface area contributed by atoms with Gasteiger partial charge >= 0.3 is 0 Å². The number of likely N-dealkylation sites (tertiary alicyclic amines) is 1. The number of nitrogens with zero attached hydrogens (tertiary/aromatic N) is 3. The molecular weight excluding hydrogens is 362 g/mol. The monoisotopic (exact) mass is 389 g/mol. The topological polar surface area (TPSA) is 53.5 Å². The summed E-state index contributed by atoms with van der Waals surface area (Å²) in [5, 5.41) is 0. The zero-order valence-electron chi connectivity index (χ0n) is 17.3. The van der Waals surface area contributed by atoms with Crippen LogP contribution in [-0.2, 0) is 16.1 Å². The zero-order valence-corrected chi connectivity index (χ0v) is 17.3. The molecule has 0 radical (unpaired) electrons. The van der Waals surface area contributed by atoms with E-state index in [0.29, 0.717) is 28.8 Å². The van der Waals surface area contributed by atoms with Gasteiger partial charge in [0.25, 0.3) is 11.8 Å². The number of hydrogen-bond acceptors (Lipinski definition) is 4. The zero-order chi connectivity index (χ0) is 20.5. The van der Waals surface area contributed by atoms with Gasteiger partial charge in [-0.15, -0.1) is 0 Å². The van der Waals surface area contributed by atoms with E-state index in [1.54, 1.807) is 6.20 Å². The number of aryl methyl sites for hydroxylation is 1. The Balaban J connectivity index is 1.75.